The lowest BCUT2D eigenvalue weighted by Crippen LogP contribution is -2.50. The Hall–Kier alpha value is -1.36. The normalized spacial score (nSPS) is 18.5. The number of rotatable bonds is 6. The van der Waals surface area contributed by atoms with E-state index in [2.05, 4.69) is 63.4 Å². The van der Waals surface area contributed by atoms with Crippen LogP contribution in [0.2, 0.25) is 0 Å². The second-order valence-electron chi connectivity index (χ2n) is 6.38. The molecule has 24 heavy (non-hydrogen) atoms. The Balaban J connectivity index is 1.54. The number of ether oxygens (including phenoxy) is 1. The average molecular weight is 389 g/mol. The molecule has 0 saturated carbocycles. The molecule has 0 amide bonds. The molecule has 3 nitrogen and oxygen atoms in total. The summed E-state index contributed by atoms with van der Waals surface area (Å²) in [5.41, 5.74) is 2.53. The van der Waals surface area contributed by atoms with Crippen LogP contribution in [0.1, 0.15) is 18.1 Å². The van der Waals surface area contributed by atoms with Crippen LogP contribution in [-0.2, 0) is 13.0 Å². The van der Waals surface area contributed by atoms with Gasteiger partial charge in [0.1, 0.15) is 12.4 Å². The molecule has 4 heteroatoms. The Labute approximate surface area is 153 Å². The third kappa shape index (κ3) is 4.82. The molecule has 2 aromatic rings. The van der Waals surface area contributed by atoms with Crippen LogP contribution in [0, 0.1) is 0 Å². The fourth-order valence-corrected chi connectivity index (χ4v) is 3.58. The number of benzene rings is 2. The van der Waals surface area contributed by atoms with E-state index in [1.165, 1.54) is 11.1 Å². The van der Waals surface area contributed by atoms with Crippen LogP contribution in [0.15, 0.2) is 53.0 Å². The maximum atomic E-state index is 5.92. The van der Waals surface area contributed by atoms with Crippen LogP contribution in [0.5, 0.6) is 5.75 Å². The van der Waals surface area contributed by atoms with Gasteiger partial charge in [-0.3, -0.25) is 4.90 Å². The zero-order chi connectivity index (χ0) is 16.8. The first kappa shape index (κ1) is 17.5. The smallest absolute Gasteiger partial charge is 0.134 e. The highest BCUT2D eigenvalue weighted by Crippen LogP contribution is 2.27. The molecule has 0 aliphatic carbocycles. The minimum atomic E-state index is 0.594. The van der Waals surface area contributed by atoms with Gasteiger partial charge in [-0.2, -0.15) is 0 Å². The molecule has 1 unspecified atom stereocenters. The van der Waals surface area contributed by atoms with Gasteiger partial charge in [0.25, 0.3) is 0 Å². The molecule has 1 aliphatic rings. The Bertz CT molecular complexity index is 647. The van der Waals surface area contributed by atoms with Crippen LogP contribution in [0.25, 0.3) is 0 Å². The second kappa shape index (κ2) is 8.65. The molecule has 1 heterocycles. The maximum absolute atomic E-state index is 5.92. The minimum Gasteiger partial charge on any atom is -0.488 e. The van der Waals surface area contributed by atoms with Gasteiger partial charge in [-0.05, 0) is 52.5 Å². The first-order valence-corrected chi connectivity index (χ1v) is 9.41. The summed E-state index contributed by atoms with van der Waals surface area (Å²) in [6.07, 6.45) is 1.07. The summed E-state index contributed by atoms with van der Waals surface area (Å²) < 4.78 is 6.96. The van der Waals surface area contributed by atoms with Gasteiger partial charge >= 0.3 is 0 Å². The lowest BCUT2D eigenvalue weighted by Gasteiger charge is -2.33. The number of halogens is 1. The lowest BCUT2D eigenvalue weighted by molar-refractivity contribution is 0.176. The van der Waals surface area contributed by atoms with E-state index >= 15 is 0 Å². The largest absolute Gasteiger partial charge is 0.488 e. The van der Waals surface area contributed by atoms with Gasteiger partial charge in [0.05, 0.1) is 4.47 Å². The van der Waals surface area contributed by atoms with Crippen molar-refractivity contribution in [3.63, 3.8) is 0 Å². The molecule has 1 saturated heterocycles. The van der Waals surface area contributed by atoms with E-state index < -0.39 is 0 Å². The van der Waals surface area contributed by atoms with Crippen molar-refractivity contribution < 1.29 is 4.74 Å². The van der Waals surface area contributed by atoms with Crippen molar-refractivity contribution >= 4 is 15.9 Å². The molecule has 0 bridgehead atoms. The summed E-state index contributed by atoms with van der Waals surface area (Å²) in [5.74, 6) is 0.901. The molecular formula is C20H25BrN2O. The van der Waals surface area contributed by atoms with Gasteiger partial charge in [-0.25, -0.2) is 0 Å². The molecule has 1 aliphatic heterocycles. The van der Waals surface area contributed by atoms with Crippen molar-refractivity contribution in [3.05, 3.63) is 64.1 Å². The average Bonchev–Trinajstić information content (AvgIpc) is 2.61. The van der Waals surface area contributed by atoms with Gasteiger partial charge < -0.3 is 10.1 Å². The summed E-state index contributed by atoms with van der Waals surface area (Å²) in [7, 11) is 0. The van der Waals surface area contributed by atoms with Crippen LogP contribution in [0.3, 0.4) is 0 Å². The van der Waals surface area contributed by atoms with E-state index in [0.717, 1.165) is 42.8 Å². The van der Waals surface area contributed by atoms with Gasteiger partial charge in [0.2, 0.25) is 0 Å². The maximum Gasteiger partial charge on any atom is 0.134 e. The van der Waals surface area contributed by atoms with Crippen LogP contribution in [-0.4, -0.2) is 37.1 Å². The molecule has 1 fully saturated rings. The summed E-state index contributed by atoms with van der Waals surface area (Å²) in [5, 5.41) is 3.44. The van der Waals surface area contributed by atoms with Gasteiger partial charge in [-0.15, -0.1) is 0 Å². The SMILES string of the molecule is CC1CNCCN1CCc1ccc(OCc2ccccc2)c(Br)c1. The summed E-state index contributed by atoms with van der Waals surface area (Å²) in [6.45, 7) is 7.33. The van der Waals surface area contributed by atoms with Crippen molar-refractivity contribution in [1.82, 2.24) is 10.2 Å². The Morgan fingerprint density at radius 2 is 2.00 bits per heavy atom. The molecule has 128 valence electrons. The number of piperazine rings is 1. The zero-order valence-corrected chi connectivity index (χ0v) is 15.8. The van der Waals surface area contributed by atoms with Crippen molar-refractivity contribution in [3.8, 4) is 5.75 Å². The van der Waals surface area contributed by atoms with E-state index in [1.54, 1.807) is 0 Å². The topological polar surface area (TPSA) is 24.5 Å². The minimum absolute atomic E-state index is 0.594. The molecule has 0 spiro atoms. The van der Waals surface area contributed by atoms with Gasteiger partial charge in [0, 0.05) is 32.2 Å². The van der Waals surface area contributed by atoms with Crippen LogP contribution in [0.4, 0.5) is 0 Å². The Morgan fingerprint density at radius 1 is 1.17 bits per heavy atom. The highest BCUT2D eigenvalue weighted by atomic mass is 79.9. The lowest BCUT2D eigenvalue weighted by atomic mass is 10.1. The van der Waals surface area contributed by atoms with Gasteiger partial charge in [-0.1, -0.05) is 36.4 Å². The van der Waals surface area contributed by atoms with Gasteiger partial charge in [0.15, 0.2) is 0 Å². The predicted octanol–water partition coefficient (Wildman–Crippen LogP) is 3.86. The Morgan fingerprint density at radius 3 is 2.75 bits per heavy atom. The molecular weight excluding hydrogens is 364 g/mol. The number of nitrogens with zero attached hydrogens (tertiary/aromatic N) is 1. The van der Waals surface area contributed by atoms with Crippen LogP contribution >= 0.6 is 15.9 Å². The number of hydrogen-bond donors (Lipinski definition) is 1. The highest BCUT2D eigenvalue weighted by Gasteiger charge is 2.17. The first-order valence-electron chi connectivity index (χ1n) is 8.62. The summed E-state index contributed by atoms with van der Waals surface area (Å²) >= 11 is 3.65. The summed E-state index contributed by atoms with van der Waals surface area (Å²) in [6, 6.07) is 17.3. The van der Waals surface area contributed by atoms with Crippen molar-refractivity contribution in [1.29, 1.82) is 0 Å². The highest BCUT2D eigenvalue weighted by molar-refractivity contribution is 9.10. The van der Waals surface area contributed by atoms with Crippen molar-refractivity contribution in [2.24, 2.45) is 0 Å². The first-order chi connectivity index (χ1) is 11.7. The van der Waals surface area contributed by atoms with E-state index in [4.69, 9.17) is 4.74 Å². The van der Waals surface area contributed by atoms with Crippen molar-refractivity contribution in [2.75, 3.05) is 26.2 Å². The van der Waals surface area contributed by atoms with E-state index in [9.17, 15) is 0 Å². The summed E-state index contributed by atoms with van der Waals surface area (Å²) in [4.78, 5) is 2.56. The third-order valence-corrected chi connectivity index (χ3v) is 5.18. The van der Waals surface area contributed by atoms with Crippen LogP contribution < -0.4 is 10.1 Å². The fourth-order valence-electron chi connectivity index (χ4n) is 3.04. The fraction of sp³-hybridized carbons (Fsp3) is 0.400. The standard InChI is InChI=1S/C20H25BrN2O/c1-16-14-22-10-12-23(16)11-9-17-7-8-20(19(21)13-17)24-15-18-5-3-2-4-6-18/h2-8,13,16,22H,9-12,14-15H2,1H3. The van der Waals surface area contributed by atoms with E-state index in [-0.39, 0.29) is 0 Å². The van der Waals surface area contributed by atoms with Crippen molar-refractivity contribution in [2.45, 2.75) is 26.0 Å². The number of nitrogens with one attached hydrogen (secondary N) is 1. The van der Waals surface area contributed by atoms with E-state index in [0.29, 0.717) is 12.6 Å². The molecule has 0 aromatic heterocycles. The Kier molecular flexibility index (Phi) is 6.30. The molecule has 3 rings (SSSR count). The number of hydrogen-bond acceptors (Lipinski definition) is 3. The second-order valence-corrected chi connectivity index (χ2v) is 7.23. The molecule has 2 aromatic carbocycles. The molecule has 0 radical (unpaired) electrons. The molecule has 1 N–H and O–H groups in total. The quantitative estimate of drug-likeness (QED) is 0.812. The monoisotopic (exact) mass is 388 g/mol. The predicted molar refractivity (Wildman–Crippen MR) is 103 cm³/mol. The molecule has 1 atom stereocenters. The zero-order valence-electron chi connectivity index (χ0n) is 14.2. The third-order valence-electron chi connectivity index (χ3n) is 4.56. The van der Waals surface area contributed by atoms with E-state index in [1.807, 2.05) is 18.2 Å².